The minimum atomic E-state index is -1.00. The summed E-state index contributed by atoms with van der Waals surface area (Å²) < 4.78 is 0. The van der Waals surface area contributed by atoms with E-state index in [2.05, 4.69) is 10.3 Å². The molecule has 1 aromatic heterocycles. The number of carboxylic acids is 1. The molecule has 1 amide bonds. The number of carbonyl (C=O) groups is 2. The van der Waals surface area contributed by atoms with Gasteiger partial charge in [0.1, 0.15) is 6.04 Å². The van der Waals surface area contributed by atoms with Gasteiger partial charge in [0.25, 0.3) is 0 Å². The zero-order chi connectivity index (χ0) is 15.1. The van der Waals surface area contributed by atoms with Crippen LogP contribution < -0.4 is 5.32 Å². The standard InChI is InChI=1S/C15H16N2O3S/c18-10-17-14(15(19)20)6-8-21-9-11-5-7-16-13-4-2-1-3-12(11)13/h1-5,7,10,14H,6,8-9H2,(H,17,18)(H,19,20). The van der Waals surface area contributed by atoms with Crippen LogP contribution in [0.2, 0.25) is 0 Å². The zero-order valence-electron chi connectivity index (χ0n) is 11.4. The van der Waals surface area contributed by atoms with E-state index < -0.39 is 12.0 Å². The summed E-state index contributed by atoms with van der Waals surface area (Å²) in [7, 11) is 0. The highest BCUT2D eigenvalue weighted by molar-refractivity contribution is 7.98. The maximum atomic E-state index is 10.9. The number of fused-ring (bicyclic) bond motifs is 1. The molecule has 0 spiro atoms. The van der Waals surface area contributed by atoms with E-state index in [0.717, 1.165) is 16.7 Å². The average molecular weight is 304 g/mol. The summed E-state index contributed by atoms with van der Waals surface area (Å²) in [5.74, 6) is 0.447. The number of aromatic nitrogens is 1. The van der Waals surface area contributed by atoms with Crippen LogP contribution in [0.25, 0.3) is 10.9 Å². The largest absolute Gasteiger partial charge is 0.480 e. The highest BCUT2D eigenvalue weighted by atomic mass is 32.2. The number of pyridine rings is 1. The average Bonchev–Trinajstić information content (AvgIpc) is 2.50. The van der Waals surface area contributed by atoms with Gasteiger partial charge in [-0.05, 0) is 29.9 Å². The van der Waals surface area contributed by atoms with Crippen LogP contribution in [0.4, 0.5) is 0 Å². The van der Waals surface area contributed by atoms with Gasteiger partial charge in [-0.15, -0.1) is 0 Å². The molecule has 0 aliphatic rings. The van der Waals surface area contributed by atoms with E-state index in [1.807, 2.05) is 30.3 Å². The molecule has 0 saturated heterocycles. The summed E-state index contributed by atoms with van der Waals surface area (Å²) in [5.41, 5.74) is 2.14. The quantitative estimate of drug-likeness (QED) is 0.576. The second-order valence-corrected chi connectivity index (χ2v) is 5.61. The SMILES string of the molecule is O=CNC(CCSCc1ccnc2ccccc12)C(=O)O. The number of aliphatic carboxylic acids is 1. The van der Waals surface area contributed by atoms with Gasteiger partial charge in [0, 0.05) is 17.3 Å². The number of benzene rings is 1. The van der Waals surface area contributed by atoms with E-state index in [1.165, 1.54) is 5.56 Å². The van der Waals surface area contributed by atoms with Gasteiger partial charge in [-0.3, -0.25) is 9.78 Å². The Morgan fingerprint density at radius 3 is 2.95 bits per heavy atom. The first-order chi connectivity index (χ1) is 10.2. The Kier molecular flexibility index (Phi) is 5.57. The van der Waals surface area contributed by atoms with Gasteiger partial charge in [-0.1, -0.05) is 18.2 Å². The summed E-state index contributed by atoms with van der Waals surface area (Å²) in [6.45, 7) is 0. The second kappa shape index (κ2) is 7.64. The van der Waals surface area contributed by atoms with E-state index in [-0.39, 0.29) is 0 Å². The Bertz CT molecular complexity index is 628. The monoisotopic (exact) mass is 304 g/mol. The van der Waals surface area contributed by atoms with E-state index in [9.17, 15) is 9.59 Å². The number of nitrogens with zero attached hydrogens (tertiary/aromatic N) is 1. The molecule has 6 heteroatoms. The molecule has 2 aromatic rings. The number of amides is 1. The Hall–Kier alpha value is -2.08. The van der Waals surface area contributed by atoms with Gasteiger partial charge < -0.3 is 10.4 Å². The fourth-order valence-corrected chi connectivity index (χ4v) is 3.04. The normalized spacial score (nSPS) is 12.0. The van der Waals surface area contributed by atoms with Crippen LogP contribution >= 0.6 is 11.8 Å². The number of nitrogens with one attached hydrogen (secondary N) is 1. The van der Waals surface area contributed by atoms with Crippen molar-refractivity contribution in [2.75, 3.05) is 5.75 Å². The third-order valence-corrected chi connectivity index (χ3v) is 4.15. The van der Waals surface area contributed by atoms with Gasteiger partial charge in [0.15, 0.2) is 0 Å². The lowest BCUT2D eigenvalue weighted by molar-refractivity contribution is -0.140. The summed E-state index contributed by atoms with van der Waals surface area (Å²) in [6.07, 6.45) is 2.62. The smallest absolute Gasteiger partial charge is 0.326 e. The number of hydrogen-bond acceptors (Lipinski definition) is 4. The van der Waals surface area contributed by atoms with E-state index in [4.69, 9.17) is 5.11 Å². The van der Waals surface area contributed by atoms with Gasteiger partial charge in [0.2, 0.25) is 6.41 Å². The van der Waals surface area contributed by atoms with Crippen LogP contribution in [0.5, 0.6) is 0 Å². The van der Waals surface area contributed by atoms with Gasteiger partial charge in [-0.25, -0.2) is 4.79 Å². The van der Waals surface area contributed by atoms with Crippen molar-refractivity contribution in [3.8, 4) is 0 Å². The van der Waals surface area contributed by atoms with Crippen molar-refractivity contribution in [1.82, 2.24) is 10.3 Å². The molecule has 1 unspecified atom stereocenters. The zero-order valence-corrected chi connectivity index (χ0v) is 12.2. The fraction of sp³-hybridized carbons (Fsp3) is 0.267. The first kappa shape index (κ1) is 15.3. The highest BCUT2D eigenvalue weighted by Gasteiger charge is 2.15. The molecular formula is C15H16N2O3S. The van der Waals surface area contributed by atoms with E-state index >= 15 is 0 Å². The number of carbonyl (C=O) groups excluding carboxylic acids is 1. The van der Waals surface area contributed by atoms with Crippen LogP contribution in [-0.4, -0.2) is 34.3 Å². The Balaban J connectivity index is 1.90. The second-order valence-electron chi connectivity index (χ2n) is 4.50. The topological polar surface area (TPSA) is 79.3 Å². The molecule has 0 radical (unpaired) electrons. The van der Waals surface area contributed by atoms with Gasteiger partial charge in [-0.2, -0.15) is 11.8 Å². The molecule has 1 atom stereocenters. The molecule has 0 saturated carbocycles. The summed E-state index contributed by atoms with van der Waals surface area (Å²) in [4.78, 5) is 25.5. The van der Waals surface area contributed by atoms with Crippen molar-refractivity contribution in [2.45, 2.75) is 18.2 Å². The van der Waals surface area contributed by atoms with Crippen molar-refractivity contribution in [3.05, 3.63) is 42.1 Å². The van der Waals surface area contributed by atoms with Crippen molar-refractivity contribution in [3.63, 3.8) is 0 Å². The molecule has 0 bridgehead atoms. The molecule has 21 heavy (non-hydrogen) atoms. The molecule has 1 heterocycles. The molecule has 0 fully saturated rings. The van der Waals surface area contributed by atoms with Crippen LogP contribution in [0.15, 0.2) is 36.5 Å². The maximum absolute atomic E-state index is 10.9. The van der Waals surface area contributed by atoms with Crippen molar-refractivity contribution in [1.29, 1.82) is 0 Å². The maximum Gasteiger partial charge on any atom is 0.326 e. The van der Waals surface area contributed by atoms with E-state index in [1.54, 1.807) is 18.0 Å². The lowest BCUT2D eigenvalue weighted by atomic mass is 10.1. The molecule has 5 nitrogen and oxygen atoms in total. The molecule has 2 rings (SSSR count). The highest BCUT2D eigenvalue weighted by Crippen LogP contribution is 2.21. The van der Waals surface area contributed by atoms with Crippen molar-refractivity contribution in [2.24, 2.45) is 0 Å². The summed E-state index contributed by atoms with van der Waals surface area (Å²) in [6, 6.07) is 9.10. The number of para-hydroxylation sites is 1. The first-order valence-corrected chi connectivity index (χ1v) is 7.70. The molecule has 2 N–H and O–H groups in total. The number of hydrogen-bond donors (Lipinski definition) is 2. The molecule has 0 aliphatic heterocycles. The first-order valence-electron chi connectivity index (χ1n) is 6.55. The molecule has 0 aliphatic carbocycles. The number of carboxylic acid groups (broad SMARTS) is 1. The van der Waals surface area contributed by atoms with Crippen molar-refractivity contribution >= 4 is 35.0 Å². The van der Waals surface area contributed by atoms with Crippen LogP contribution in [0.3, 0.4) is 0 Å². The summed E-state index contributed by atoms with van der Waals surface area (Å²) in [5, 5.41) is 12.3. The number of thioether (sulfide) groups is 1. The van der Waals surface area contributed by atoms with Gasteiger partial charge in [0.05, 0.1) is 5.52 Å². The lowest BCUT2D eigenvalue weighted by Gasteiger charge is -2.11. The van der Waals surface area contributed by atoms with Crippen LogP contribution in [-0.2, 0) is 15.3 Å². The van der Waals surface area contributed by atoms with Crippen molar-refractivity contribution < 1.29 is 14.7 Å². The Morgan fingerprint density at radius 2 is 2.19 bits per heavy atom. The third-order valence-electron chi connectivity index (χ3n) is 3.12. The number of rotatable bonds is 8. The summed E-state index contributed by atoms with van der Waals surface area (Å²) >= 11 is 1.65. The van der Waals surface area contributed by atoms with Crippen LogP contribution in [0, 0.1) is 0 Å². The Morgan fingerprint density at radius 1 is 1.38 bits per heavy atom. The lowest BCUT2D eigenvalue weighted by Crippen LogP contribution is -2.36. The molecule has 110 valence electrons. The fourth-order valence-electron chi connectivity index (χ4n) is 2.02. The van der Waals surface area contributed by atoms with Gasteiger partial charge >= 0.3 is 5.97 Å². The van der Waals surface area contributed by atoms with E-state index in [0.29, 0.717) is 18.6 Å². The molecular weight excluding hydrogens is 288 g/mol. The van der Waals surface area contributed by atoms with Crippen LogP contribution in [0.1, 0.15) is 12.0 Å². The third kappa shape index (κ3) is 4.19. The molecule has 1 aromatic carbocycles. The minimum Gasteiger partial charge on any atom is -0.480 e. The minimum absolute atomic E-state index is 0.405. The Labute approximate surface area is 126 Å². The predicted octanol–water partition coefficient (Wildman–Crippen LogP) is 2.06. The predicted molar refractivity (Wildman–Crippen MR) is 83.1 cm³/mol.